The van der Waals surface area contributed by atoms with Crippen LogP contribution in [0.25, 0.3) is 0 Å². The number of benzene rings is 1. The Morgan fingerprint density at radius 2 is 2.16 bits per heavy atom. The van der Waals surface area contributed by atoms with E-state index in [2.05, 4.69) is 10.2 Å². The first-order valence-corrected chi connectivity index (χ1v) is 9.03. The summed E-state index contributed by atoms with van der Waals surface area (Å²) in [5.41, 5.74) is 0.978. The van der Waals surface area contributed by atoms with E-state index in [9.17, 15) is 4.79 Å². The Morgan fingerprint density at radius 1 is 1.32 bits per heavy atom. The Hall–Kier alpha value is -1.79. The first-order valence-electron chi connectivity index (χ1n) is 9.03. The first kappa shape index (κ1) is 18.0. The van der Waals surface area contributed by atoms with Crippen molar-refractivity contribution in [1.82, 2.24) is 10.2 Å². The largest absolute Gasteiger partial charge is 0.497 e. The van der Waals surface area contributed by atoms with Gasteiger partial charge < -0.3 is 19.5 Å². The maximum Gasteiger partial charge on any atom is 0.220 e. The highest BCUT2D eigenvalue weighted by Gasteiger charge is 2.32. The van der Waals surface area contributed by atoms with Gasteiger partial charge in [-0.25, -0.2) is 0 Å². The molecule has 6 heteroatoms. The van der Waals surface area contributed by atoms with Crippen LogP contribution in [0.2, 0.25) is 0 Å². The second kappa shape index (κ2) is 8.54. The van der Waals surface area contributed by atoms with Crippen molar-refractivity contribution >= 4 is 5.91 Å². The molecule has 6 nitrogen and oxygen atoms in total. The molecule has 2 fully saturated rings. The predicted molar refractivity (Wildman–Crippen MR) is 95.2 cm³/mol. The van der Waals surface area contributed by atoms with E-state index < -0.39 is 0 Å². The zero-order valence-electron chi connectivity index (χ0n) is 15.1. The number of morpholine rings is 1. The van der Waals surface area contributed by atoms with Crippen LogP contribution >= 0.6 is 0 Å². The lowest BCUT2D eigenvalue weighted by Crippen LogP contribution is -2.48. The summed E-state index contributed by atoms with van der Waals surface area (Å²) in [4.78, 5) is 14.7. The fraction of sp³-hybridized carbons (Fsp3) is 0.632. The van der Waals surface area contributed by atoms with Gasteiger partial charge in [-0.1, -0.05) is 0 Å². The third-order valence-electron chi connectivity index (χ3n) is 4.87. The van der Waals surface area contributed by atoms with Gasteiger partial charge in [0, 0.05) is 32.1 Å². The van der Waals surface area contributed by atoms with Gasteiger partial charge in [-0.2, -0.15) is 0 Å². The third-order valence-corrected chi connectivity index (χ3v) is 4.87. The van der Waals surface area contributed by atoms with E-state index in [1.165, 1.54) is 12.8 Å². The lowest BCUT2D eigenvalue weighted by molar-refractivity contribution is -0.122. The molecule has 1 N–H and O–H groups in total. The Bertz CT molecular complexity index is 589. The summed E-state index contributed by atoms with van der Waals surface area (Å²) >= 11 is 0. The molecule has 3 rings (SSSR count). The maximum atomic E-state index is 12.2. The highest BCUT2D eigenvalue weighted by molar-refractivity contribution is 5.76. The molecule has 1 aromatic carbocycles. The Labute approximate surface area is 149 Å². The lowest BCUT2D eigenvalue weighted by Gasteiger charge is -2.33. The first-order chi connectivity index (χ1) is 12.2. The number of carbonyl (C=O) groups is 1. The van der Waals surface area contributed by atoms with Crippen LogP contribution in [-0.2, 0) is 16.0 Å². The molecule has 0 aromatic heterocycles. The number of hydrogen-bond donors (Lipinski definition) is 1. The van der Waals surface area contributed by atoms with Gasteiger partial charge in [0.15, 0.2) is 0 Å². The molecule has 1 amide bonds. The average molecular weight is 348 g/mol. The van der Waals surface area contributed by atoms with E-state index in [-0.39, 0.29) is 12.0 Å². The van der Waals surface area contributed by atoms with E-state index >= 15 is 0 Å². The molecule has 1 aromatic rings. The molecule has 1 saturated heterocycles. The maximum absolute atomic E-state index is 12.2. The normalized spacial score (nSPS) is 21.0. The number of nitrogens with one attached hydrogen (secondary N) is 1. The quantitative estimate of drug-likeness (QED) is 0.774. The molecule has 0 radical (unpaired) electrons. The number of rotatable bonds is 8. The van der Waals surface area contributed by atoms with Crippen molar-refractivity contribution in [1.29, 1.82) is 0 Å². The zero-order valence-corrected chi connectivity index (χ0v) is 15.1. The van der Waals surface area contributed by atoms with Gasteiger partial charge >= 0.3 is 0 Å². The highest BCUT2D eigenvalue weighted by Crippen LogP contribution is 2.28. The van der Waals surface area contributed by atoms with Crippen LogP contribution in [0.5, 0.6) is 11.5 Å². The average Bonchev–Trinajstić information content (AvgIpc) is 3.50. The molecule has 25 heavy (non-hydrogen) atoms. The minimum absolute atomic E-state index is 0.0389. The van der Waals surface area contributed by atoms with Gasteiger partial charge in [-0.3, -0.25) is 9.69 Å². The summed E-state index contributed by atoms with van der Waals surface area (Å²) in [6.45, 7) is 3.29. The van der Waals surface area contributed by atoms with Crippen LogP contribution in [0.4, 0.5) is 0 Å². The molecule has 1 atom stereocenters. The highest BCUT2D eigenvalue weighted by atomic mass is 16.5. The number of carbonyl (C=O) groups excluding carboxylic acids is 1. The van der Waals surface area contributed by atoms with Crippen LogP contribution < -0.4 is 14.8 Å². The fourth-order valence-corrected chi connectivity index (χ4v) is 3.28. The van der Waals surface area contributed by atoms with Gasteiger partial charge in [0.25, 0.3) is 0 Å². The minimum Gasteiger partial charge on any atom is -0.497 e. The number of ether oxygens (including phenoxy) is 3. The van der Waals surface area contributed by atoms with Crippen LogP contribution in [0, 0.1) is 0 Å². The van der Waals surface area contributed by atoms with Crippen LogP contribution in [0.15, 0.2) is 18.2 Å². The summed E-state index contributed by atoms with van der Waals surface area (Å²) in [6.07, 6.45) is 3.75. The third kappa shape index (κ3) is 5.09. The molecule has 1 heterocycles. The minimum atomic E-state index is 0.0389. The molecule has 1 unspecified atom stereocenters. The number of aryl methyl sites for hydroxylation is 1. The number of nitrogens with zero attached hydrogens (tertiary/aromatic N) is 1. The zero-order chi connectivity index (χ0) is 17.6. The van der Waals surface area contributed by atoms with E-state index in [1.807, 2.05) is 18.2 Å². The van der Waals surface area contributed by atoms with E-state index in [1.54, 1.807) is 14.2 Å². The smallest absolute Gasteiger partial charge is 0.220 e. The van der Waals surface area contributed by atoms with E-state index in [0.717, 1.165) is 42.8 Å². The predicted octanol–water partition coefficient (Wildman–Crippen LogP) is 1.62. The monoisotopic (exact) mass is 348 g/mol. The molecular formula is C19H28N2O4. The molecule has 138 valence electrons. The Kier molecular flexibility index (Phi) is 6.15. The summed E-state index contributed by atoms with van der Waals surface area (Å²) in [7, 11) is 3.27. The molecule has 1 aliphatic heterocycles. The van der Waals surface area contributed by atoms with Crippen LogP contribution in [-0.4, -0.2) is 63.4 Å². The van der Waals surface area contributed by atoms with Gasteiger partial charge in [0.05, 0.1) is 26.9 Å². The second-order valence-electron chi connectivity index (χ2n) is 6.70. The second-order valence-corrected chi connectivity index (χ2v) is 6.70. The molecule has 1 aliphatic carbocycles. The molecule has 2 aliphatic rings. The fourth-order valence-electron chi connectivity index (χ4n) is 3.28. The topological polar surface area (TPSA) is 60.0 Å². The van der Waals surface area contributed by atoms with Gasteiger partial charge in [0.2, 0.25) is 5.91 Å². The molecule has 0 bridgehead atoms. The number of amides is 1. The van der Waals surface area contributed by atoms with Crippen molar-refractivity contribution in [3.8, 4) is 11.5 Å². The van der Waals surface area contributed by atoms with Crippen molar-refractivity contribution < 1.29 is 19.0 Å². The summed E-state index contributed by atoms with van der Waals surface area (Å²) < 4.78 is 16.4. The van der Waals surface area contributed by atoms with Crippen LogP contribution in [0.3, 0.4) is 0 Å². The van der Waals surface area contributed by atoms with E-state index in [4.69, 9.17) is 14.2 Å². The lowest BCUT2D eigenvalue weighted by atomic mass is 10.1. The van der Waals surface area contributed by atoms with Crippen molar-refractivity contribution in [3.63, 3.8) is 0 Å². The SMILES string of the molecule is COc1ccc(OC)c(CCC(=O)NCC2CN(C3CC3)CCO2)c1. The van der Waals surface area contributed by atoms with Crippen LogP contribution in [0.1, 0.15) is 24.8 Å². The van der Waals surface area contributed by atoms with Crippen molar-refractivity contribution in [2.75, 3.05) is 40.5 Å². The number of hydrogen-bond acceptors (Lipinski definition) is 5. The van der Waals surface area contributed by atoms with Crippen molar-refractivity contribution in [2.24, 2.45) is 0 Å². The Balaban J connectivity index is 1.43. The Morgan fingerprint density at radius 3 is 2.88 bits per heavy atom. The number of methoxy groups -OCH3 is 2. The molecule has 1 saturated carbocycles. The van der Waals surface area contributed by atoms with Crippen molar-refractivity contribution in [2.45, 2.75) is 37.8 Å². The molecular weight excluding hydrogens is 320 g/mol. The summed E-state index contributed by atoms with van der Waals surface area (Å²) in [5, 5.41) is 3.01. The van der Waals surface area contributed by atoms with Gasteiger partial charge in [-0.05, 0) is 43.0 Å². The van der Waals surface area contributed by atoms with Gasteiger partial charge in [-0.15, -0.1) is 0 Å². The van der Waals surface area contributed by atoms with Gasteiger partial charge in [0.1, 0.15) is 11.5 Å². The van der Waals surface area contributed by atoms with Crippen molar-refractivity contribution in [3.05, 3.63) is 23.8 Å². The van der Waals surface area contributed by atoms with E-state index in [0.29, 0.717) is 19.4 Å². The standard InChI is InChI=1S/C19H28N2O4/c1-23-16-6-7-18(24-2)14(11-16)3-8-19(22)20-12-17-13-21(9-10-25-17)15-4-5-15/h6-7,11,15,17H,3-5,8-10,12-13H2,1-2H3,(H,20,22). The summed E-state index contributed by atoms with van der Waals surface area (Å²) in [5.74, 6) is 1.59. The summed E-state index contributed by atoms with van der Waals surface area (Å²) in [6, 6.07) is 6.40. The molecule has 0 spiro atoms.